The fraction of sp³-hybridized carbons (Fsp3) is 0.455. The molecule has 9 heteroatoms. The van der Waals surface area contributed by atoms with Crippen LogP contribution in [0.1, 0.15) is 37.8 Å². The van der Waals surface area contributed by atoms with Gasteiger partial charge in [-0.25, -0.2) is 4.98 Å². The number of hydrogen-bond donors (Lipinski definition) is 1. The highest BCUT2D eigenvalue weighted by Crippen LogP contribution is 2.34. The monoisotopic (exact) mass is 458 g/mol. The van der Waals surface area contributed by atoms with Gasteiger partial charge >= 0.3 is 0 Å². The molecule has 1 N–H and O–H groups in total. The molecule has 0 bridgehead atoms. The second kappa shape index (κ2) is 9.10. The Morgan fingerprint density at radius 3 is 2.94 bits per heavy atom. The van der Waals surface area contributed by atoms with Crippen LogP contribution in [0, 0.1) is 12.8 Å². The number of fused-ring (bicyclic) bond motifs is 1. The van der Waals surface area contributed by atoms with E-state index in [-0.39, 0.29) is 17.6 Å². The molecule has 31 heavy (non-hydrogen) atoms. The van der Waals surface area contributed by atoms with Crippen molar-refractivity contribution in [3.63, 3.8) is 0 Å². The molecular formula is C22H26N4O3S2. The third-order valence-corrected chi connectivity index (χ3v) is 6.70. The maximum absolute atomic E-state index is 13.3. The molecule has 2 saturated heterocycles. The van der Waals surface area contributed by atoms with E-state index in [9.17, 15) is 9.59 Å². The molecule has 164 valence electrons. The van der Waals surface area contributed by atoms with Crippen LogP contribution < -0.4 is 10.9 Å². The van der Waals surface area contributed by atoms with E-state index in [1.807, 2.05) is 19.1 Å². The molecule has 1 amide bonds. The summed E-state index contributed by atoms with van der Waals surface area (Å²) in [7, 11) is 0. The number of aromatic nitrogens is 2. The molecule has 4 rings (SSSR count). The standard InChI is InChI=1S/C22H26N4O3S2/c1-13(2)11-23-18-16(20(27)25-8-4-6-14(3)19(25)24-18)10-17-21(28)26(22(30)31-17)12-15-7-5-9-29-15/h4,6,8,10,13,15,23H,5,7,9,11-12H2,1-3H3/b17-10-/t15-/m1/s1. The van der Waals surface area contributed by atoms with Gasteiger partial charge in [-0.2, -0.15) is 0 Å². The zero-order valence-corrected chi connectivity index (χ0v) is 19.5. The predicted molar refractivity (Wildman–Crippen MR) is 128 cm³/mol. The Morgan fingerprint density at radius 2 is 2.23 bits per heavy atom. The first-order valence-electron chi connectivity index (χ1n) is 10.5. The highest BCUT2D eigenvalue weighted by atomic mass is 32.2. The molecule has 2 aliphatic rings. The summed E-state index contributed by atoms with van der Waals surface area (Å²) in [6.45, 7) is 7.93. The lowest BCUT2D eigenvalue weighted by atomic mass is 10.2. The van der Waals surface area contributed by atoms with Crippen LogP contribution in [-0.4, -0.2) is 50.3 Å². The summed E-state index contributed by atoms with van der Waals surface area (Å²) in [6.07, 6.45) is 5.26. The third-order valence-electron chi connectivity index (χ3n) is 5.32. The van der Waals surface area contributed by atoms with Crippen molar-refractivity contribution in [2.45, 2.75) is 39.7 Å². The Bertz CT molecular complexity index is 1120. The van der Waals surface area contributed by atoms with Gasteiger partial charge in [0.15, 0.2) is 0 Å². The number of carbonyl (C=O) groups excluding carboxylic acids is 1. The average molecular weight is 459 g/mol. The number of thiocarbonyl (C=S) groups is 1. The zero-order chi connectivity index (χ0) is 22.1. The second-order valence-corrected chi connectivity index (χ2v) is 9.94. The molecule has 0 aliphatic carbocycles. The van der Waals surface area contributed by atoms with Gasteiger partial charge in [0.05, 0.1) is 23.1 Å². The number of rotatable bonds is 6. The first-order chi connectivity index (χ1) is 14.8. The van der Waals surface area contributed by atoms with Crippen LogP contribution in [-0.2, 0) is 9.53 Å². The van der Waals surface area contributed by atoms with Crippen molar-refractivity contribution < 1.29 is 9.53 Å². The number of hydrogen-bond acceptors (Lipinski definition) is 7. The van der Waals surface area contributed by atoms with E-state index in [1.165, 1.54) is 16.2 Å². The number of nitrogens with zero attached hydrogens (tertiary/aromatic N) is 3. The number of thioether (sulfide) groups is 1. The summed E-state index contributed by atoms with van der Waals surface area (Å²) in [6, 6.07) is 3.74. The molecule has 4 heterocycles. The summed E-state index contributed by atoms with van der Waals surface area (Å²) >= 11 is 6.67. The van der Waals surface area contributed by atoms with Crippen LogP contribution in [0.2, 0.25) is 0 Å². The number of amides is 1. The molecule has 1 atom stereocenters. The van der Waals surface area contributed by atoms with Crippen LogP contribution in [0.4, 0.5) is 5.82 Å². The van der Waals surface area contributed by atoms with E-state index in [0.717, 1.165) is 25.0 Å². The van der Waals surface area contributed by atoms with Gasteiger partial charge in [0.25, 0.3) is 11.5 Å². The molecule has 0 unspecified atom stereocenters. The highest BCUT2D eigenvalue weighted by Gasteiger charge is 2.35. The molecule has 7 nitrogen and oxygen atoms in total. The van der Waals surface area contributed by atoms with E-state index in [1.54, 1.807) is 17.2 Å². The minimum atomic E-state index is -0.218. The molecule has 0 aromatic carbocycles. The minimum Gasteiger partial charge on any atom is -0.376 e. The summed E-state index contributed by atoms with van der Waals surface area (Å²) in [5, 5.41) is 3.29. The Morgan fingerprint density at radius 1 is 1.42 bits per heavy atom. The lowest BCUT2D eigenvalue weighted by Gasteiger charge is -2.18. The molecule has 0 radical (unpaired) electrons. The number of ether oxygens (including phenoxy) is 1. The first kappa shape index (κ1) is 22.0. The number of aryl methyl sites for hydroxylation is 1. The Hall–Kier alpha value is -2.23. The van der Waals surface area contributed by atoms with Crippen molar-refractivity contribution in [2.24, 2.45) is 5.92 Å². The third kappa shape index (κ3) is 4.53. The summed E-state index contributed by atoms with van der Waals surface area (Å²) in [5.41, 5.74) is 1.65. The number of nitrogens with one attached hydrogen (secondary N) is 1. The maximum atomic E-state index is 13.3. The quantitative estimate of drug-likeness (QED) is 0.525. The summed E-state index contributed by atoms with van der Waals surface area (Å²) in [4.78, 5) is 33.1. The SMILES string of the molecule is Cc1cccn2c(=O)c(/C=C3\SC(=S)N(C[C@H]4CCCO4)C3=O)c(NCC(C)C)nc12. The van der Waals surface area contributed by atoms with Gasteiger partial charge in [-0.15, -0.1) is 0 Å². The van der Waals surface area contributed by atoms with Crippen molar-refractivity contribution in [2.75, 3.05) is 25.0 Å². The Kier molecular flexibility index (Phi) is 6.45. The Balaban J connectivity index is 1.74. The van der Waals surface area contributed by atoms with Gasteiger partial charge in [0.1, 0.15) is 15.8 Å². The van der Waals surface area contributed by atoms with Gasteiger partial charge in [-0.3, -0.25) is 18.9 Å². The maximum Gasteiger partial charge on any atom is 0.267 e. The number of pyridine rings is 1. The second-order valence-electron chi connectivity index (χ2n) is 8.27. The van der Waals surface area contributed by atoms with Gasteiger partial charge in [-0.05, 0) is 43.4 Å². The smallest absolute Gasteiger partial charge is 0.267 e. The normalized spacial score (nSPS) is 20.6. The topological polar surface area (TPSA) is 75.9 Å². The average Bonchev–Trinajstić information content (AvgIpc) is 3.33. The van der Waals surface area contributed by atoms with Gasteiger partial charge in [-0.1, -0.05) is 43.9 Å². The molecule has 2 aromatic heterocycles. The summed E-state index contributed by atoms with van der Waals surface area (Å²) < 4.78 is 7.68. The lowest BCUT2D eigenvalue weighted by molar-refractivity contribution is -0.123. The largest absolute Gasteiger partial charge is 0.376 e. The van der Waals surface area contributed by atoms with Crippen LogP contribution in [0.3, 0.4) is 0 Å². The van der Waals surface area contributed by atoms with Crippen LogP contribution in [0.25, 0.3) is 11.7 Å². The van der Waals surface area contributed by atoms with Crippen molar-refractivity contribution in [3.8, 4) is 0 Å². The van der Waals surface area contributed by atoms with E-state index in [4.69, 9.17) is 21.9 Å². The van der Waals surface area contributed by atoms with E-state index >= 15 is 0 Å². The van der Waals surface area contributed by atoms with Gasteiger partial charge in [0, 0.05) is 19.3 Å². The lowest BCUT2D eigenvalue weighted by Crippen LogP contribution is -2.35. The van der Waals surface area contributed by atoms with E-state index in [2.05, 4.69) is 19.2 Å². The molecule has 2 aromatic rings. The molecule has 0 saturated carbocycles. The van der Waals surface area contributed by atoms with E-state index < -0.39 is 0 Å². The zero-order valence-electron chi connectivity index (χ0n) is 17.9. The number of anilines is 1. The molecular weight excluding hydrogens is 432 g/mol. The van der Waals surface area contributed by atoms with Gasteiger partial charge in [0.2, 0.25) is 0 Å². The van der Waals surface area contributed by atoms with Crippen molar-refractivity contribution in [1.82, 2.24) is 14.3 Å². The van der Waals surface area contributed by atoms with Gasteiger partial charge < -0.3 is 10.1 Å². The van der Waals surface area contributed by atoms with Crippen LogP contribution in [0.5, 0.6) is 0 Å². The minimum absolute atomic E-state index is 0.0149. The first-order valence-corrected chi connectivity index (χ1v) is 11.7. The molecule has 0 spiro atoms. The fourth-order valence-corrected chi connectivity index (χ4v) is 4.91. The highest BCUT2D eigenvalue weighted by molar-refractivity contribution is 8.26. The van der Waals surface area contributed by atoms with E-state index in [0.29, 0.717) is 45.3 Å². The van der Waals surface area contributed by atoms with Crippen LogP contribution in [0.15, 0.2) is 28.0 Å². The van der Waals surface area contributed by atoms with Crippen molar-refractivity contribution in [1.29, 1.82) is 0 Å². The van der Waals surface area contributed by atoms with Crippen molar-refractivity contribution >= 4 is 51.7 Å². The molecule has 2 aliphatic heterocycles. The summed E-state index contributed by atoms with van der Waals surface area (Å²) in [5.74, 6) is 0.668. The van der Waals surface area contributed by atoms with Crippen LogP contribution >= 0.6 is 24.0 Å². The fourth-order valence-electron chi connectivity index (χ4n) is 3.66. The molecule has 2 fully saturated rings. The number of carbonyl (C=O) groups is 1. The van der Waals surface area contributed by atoms with Crippen molar-refractivity contribution in [3.05, 3.63) is 44.7 Å². The Labute approximate surface area is 190 Å². The predicted octanol–water partition coefficient (Wildman–Crippen LogP) is 3.45.